The summed E-state index contributed by atoms with van der Waals surface area (Å²) in [6.07, 6.45) is 0.966. The van der Waals surface area contributed by atoms with Crippen LogP contribution in [-0.2, 0) is 6.54 Å². The fourth-order valence-electron chi connectivity index (χ4n) is 2.37. The highest BCUT2D eigenvalue weighted by molar-refractivity contribution is 5.73. The molecule has 124 valence electrons. The van der Waals surface area contributed by atoms with Crippen molar-refractivity contribution in [3.05, 3.63) is 34.9 Å². The highest BCUT2D eigenvalue weighted by Crippen LogP contribution is 2.14. The van der Waals surface area contributed by atoms with Gasteiger partial charge in [-0.25, -0.2) is 4.79 Å². The van der Waals surface area contributed by atoms with E-state index in [-0.39, 0.29) is 6.03 Å². The zero-order chi connectivity index (χ0) is 16.7. The number of nitrogens with one attached hydrogen (secondary N) is 1. The van der Waals surface area contributed by atoms with Crippen molar-refractivity contribution in [2.24, 2.45) is 0 Å². The van der Waals surface area contributed by atoms with E-state index in [0.29, 0.717) is 19.1 Å². The zero-order valence-corrected chi connectivity index (χ0v) is 14.9. The molecule has 0 saturated heterocycles. The fraction of sp³-hybridized carbons (Fsp3) is 0.611. The number of urea groups is 1. The van der Waals surface area contributed by atoms with Crippen LogP contribution in [0.3, 0.4) is 0 Å². The quantitative estimate of drug-likeness (QED) is 0.840. The highest BCUT2D eigenvalue weighted by atomic mass is 16.2. The van der Waals surface area contributed by atoms with Gasteiger partial charge < -0.3 is 15.1 Å². The average Bonchev–Trinajstić information content (AvgIpc) is 2.50. The standard InChI is InChI=1S/C18H31N3O/c1-7-20(5)15(3)11-12-19-18(22)21(6)13-17-10-8-9-14(2)16(17)4/h8-10,15H,7,11-13H2,1-6H3,(H,19,22)/t15-/m0/s1. The summed E-state index contributed by atoms with van der Waals surface area (Å²) in [5, 5.41) is 3.01. The van der Waals surface area contributed by atoms with Gasteiger partial charge in [0.2, 0.25) is 0 Å². The van der Waals surface area contributed by atoms with Crippen molar-refractivity contribution in [2.75, 3.05) is 27.2 Å². The van der Waals surface area contributed by atoms with E-state index in [4.69, 9.17) is 0 Å². The molecule has 0 aromatic heterocycles. The minimum Gasteiger partial charge on any atom is -0.338 e. The molecule has 0 aliphatic heterocycles. The molecule has 1 rings (SSSR count). The molecule has 2 amide bonds. The third-order valence-corrected chi connectivity index (χ3v) is 4.56. The first kappa shape index (κ1) is 18.5. The normalized spacial score (nSPS) is 12.3. The van der Waals surface area contributed by atoms with E-state index < -0.39 is 0 Å². The second-order valence-electron chi connectivity index (χ2n) is 6.16. The maximum Gasteiger partial charge on any atom is 0.317 e. The van der Waals surface area contributed by atoms with E-state index in [1.165, 1.54) is 16.7 Å². The number of rotatable bonds is 7. The molecule has 1 atom stereocenters. The first-order valence-electron chi connectivity index (χ1n) is 8.11. The number of amides is 2. The minimum atomic E-state index is -0.00717. The maximum absolute atomic E-state index is 12.2. The van der Waals surface area contributed by atoms with Crippen molar-refractivity contribution >= 4 is 6.03 Å². The Morgan fingerprint density at radius 2 is 1.95 bits per heavy atom. The molecule has 0 spiro atoms. The van der Waals surface area contributed by atoms with Gasteiger partial charge in [0.25, 0.3) is 0 Å². The number of hydrogen-bond acceptors (Lipinski definition) is 2. The van der Waals surface area contributed by atoms with Crippen molar-refractivity contribution < 1.29 is 4.79 Å². The molecule has 4 heteroatoms. The maximum atomic E-state index is 12.2. The number of aryl methyl sites for hydroxylation is 1. The third-order valence-electron chi connectivity index (χ3n) is 4.56. The predicted octanol–water partition coefficient (Wildman–Crippen LogP) is 3.18. The number of carbonyl (C=O) groups is 1. The Hall–Kier alpha value is -1.55. The van der Waals surface area contributed by atoms with Gasteiger partial charge in [-0.05, 0) is 57.5 Å². The molecular weight excluding hydrogens is 274 g/mol. The Bertz CT molecular complexity index is 487. The van der Waals surface area contributed by atoms with Crippen molar-refractivity contribution in [3.8, 4) is 0 Å². The number of benzene rings is 1. The molecular formula is C18H31N3O. The fourth-order valence-corrected chi connectivity index (χ4v) is 2.37. The molecule has 0 heterocycles. The van der Waals surface area contributed by atoms with Gasteiger partial charge in [0, 0.05) is 26.2 Å². The van der Waals surface area contributed by atoms with E-state index in [1.54, 1.807) is 4.90 Å². The largest absolute Gasteiger partial charge is 0.338 e. The Kier molecular flexibility index (Phi) is 7.39. The van der Waals surface area contributed by atoms with Gasteiger partial charge in [-0.2, -0.15) is 0 Å². The first-order chi connectivity index (χ1) is 10.4. The van der Waals surface area contributed by atoms with Crippen LogP contribution in [0.15, 0.2) is 18.2 Å². The Morgan fingerprint density at radius 3 is 2.59 bits per heavy atom. The lowest BCUT2D eigenvalue weighted by molar-refractivity contribution is 0.203. The third kappa shape index (κ3) is 5.34. The van der Waals surface area contributed by atoms with Crippen LogP contribution in [-0.4, -0.2) is 49.1 Å². The lowest BCUT2D eigenvalue weighted by atomic mass is 10.0. The molecule has 0 bridgehead atoms. The van der Waals surface area contributed by atoms with Crippen LogP contribution in [0.1, 0.15) is 37.0 Å². The van der Waals surface area contributed by atoms with Gasteiger partial charge in [-0.1, -0.05) is 25.1 Å². The molecule has 0 aliphatic rings. The van der Waals surface area contributed by atoms with Crippen LogP contribution in [0.25, 0.3) is 0 Å². The molecule has 0 aliphatic carbocycles. The van der Waals surface area contributed by atoms with Gasteiger partial charge in [0.05, 0.1) is 0 Å². The van der Waals surface area contributed by atoms with Crippen molar-refractivity contribution in [1.82, 2.24) is 15.1 Å². The molecule has 0 fully saturated rings. The molecule has 0 unspecified atom stereocenters. The summed E-state index contributed by atoms with van der Waals surface area (Å²) in [6, 6.07) is 6.71. The second kappa shape index (κ2) is 8.79. The lowest BCUT2D eigenvalue weighted by Crippen LogP contribution is -2.39. The average molecular weight is 305 g/mol. The molecule has 1 N–H and O–H groups in total. The molecule has 1 aromatic rings. The van der Waals surface area contributed by atoms with Gasteiger partial charge in [0.15, 0.2) is 0 Å². The first-order valence-corrected chi connectivity index (χ1v) is 8.11. The highest BCUT2D eigenvalue weighted by Gasteiger charge is 2.12. The Labute approximate surface area is 135 Å². The molecule has 1 aromatic carbocycles. The number of nitrogens with zero attached hydrogens (tertiary/aromatic N) is 2. The van der Waals surface area contributed by atoms with E-state index >= 15 is 0 Å². The van der Waals surface area contributed by atoms with Gasteiger partial charge in [-0.3, -0.25) is 0 Å². The number of hydrogen-bond donors (Lipinski definition) is 1. The molecule has 22 heavy (non-hydrogen) atoms. The second-order valence-corrected chi connectivity index (χ2v) is 6.16. The summed E-state index contributed by atoms with van der Waals surface area (Å²) in [6.45, 7) is 10.9. The molecule has 0 saturated carbocycles. The van der Waals surface area contributed by atoms with E-state index in [2.05, 4.69) is 57.1 Å². The van der Waals surface area contributed by atoms with Crippen LogP contribution >= 0.6 is 0 Å². The smallest absolute Gasteiger partial charge is 0.317 e. The van der Waals surface area contributed by atoms with Crippen LogP contribution in [0, 0.1) is 13.8 Å². The predicted molar refractivity (Wildman–Crippen MR) is 93.2 cm³/mol. The summed E-state index contributed by atoms with van der Waals surface area (Å²) >= 11 is 0. The monoisotopic (exact) mass is 305 g/mol. The van der Waals surface area contributed by atoms with Gasteiger partial charge in [0.1, 0.15) is 0 Å². The van der Waals surface area contributed by atoms with Crippen molar-refractivity contribution in [1.29, 1.82) is 0 Å². The summed E-state index contributed by atoms with van der Waals surface area (Å²) in [4.78, 5) is 16.2. The van der Waals surface area contributed by atoms with Crippen molar-refractivity contribution in [2.45, 2.75) is 46.7 Å². The van der Waals surface area contributed by atoms with Crippen LogP contribution in [0.5, 0.6) is 0 Å². The lowest BCUT2D eigenvalue weighted by Gasteiger charge is -2.24. The summed E-state index contributed by atoms with van der Waals surface area (Å²) in [5.41, 5.74) is 3.74. The van der Waals surface area contributed by atoms with E-state index in [9.17, 15) is 4.79 Å². The molecule has 4 nitrogen and oxygen atoms in total. The minimum absolute atomic E-state index is 0.00717. The Balaban J connectivity index is 2.44. The van der Waals surface area contributed by atoms with E-state index in [1.807, 2.05) is 13.1 Å². The Morgan fingerprint density at radius 1 is 1.27 bits per heavy atom. The van der Waals surface area contributed by atoms with Crippen LogP contribution in [0.2, 0.25) is 0 Å². The van der Waals surface area contributed by atoms with Crippen LogP contribution < -0.4 is 5.32 Å². The van der Waals surface area contributed by atoms with Crippen LogP contribution in [0.4, 0.5) is 4.79 Å². The van der Waals surface area contributed by atoms with Gasteiger partial charge in [-0.15, -0.1) is 0 Å². The zero-order valence-electron chi connectivity index (χ0n) is 14.9. The van der Waals surface area contributed by atoms with Gasteiger partial charge >= 0.3 is 6.03 Å². The number of carbonyl (C=O) groups excluding carboxylic acids is 1. The summed E-state index contributed by atoms with van der Waals surface area (Å²) in [5.74, 6) is 0. The SMILES string of the molecule is CCN(C)[C@@H](C)CCNC(=O)N(C)Cc1cccc(C)c1C. The van der Waals surface area contributed by atoms with Crippen molar-refractivity contribution in [3.63, 3.8) is 0 Å². The summed E-state index contributed by atoms with van der Waals surface area (Å²) < 4.78 is 0. The van der Waals surface area contributed by atoms with E-state index in [0.717, 1.165) is 13.0 Å². The topological polar surface area (TPSA) is 35.6 Å². The molecule has 0 radical (unpaired) electrons. The summed E-state index contributed by atoms with van der Waals surface area (Å²) in [7, 11) is 3.96.